The van der Waals surface area contributed by atoms with Crippen LogP contribution in [-0.4, -0.2) is 85.2 Å². The van der Waals surface area contributed by atoms with Crippen LogP contribution in [0, 0.1) is 0 Å². The third-order valence-electron chi connectivity index (χ3n) is 5.54. The molecule has 4 rings (SSSR count). The maximum atomic E-state index is 12.7. The van der Waals surface area contributed by atoms with E-state index in [1.807, 2.05) is 6.92 Å². The number of amides is 3. The van der Waals surface area contributed by atoms with Gasteiger partial charge in [-0.05, 0) is 38.0 Å². The van der Waals surface area contributed by atoms with Crippen LogP contribution in [0.25, 0.3) is 0 Å². The lowest BCUT2D eigenvalue weighted by atomic mass is 10.1. The van der Waals surface area contributed by atoms with E-state index in [1.54, 1.807) is 4.90 Å². The Morgan fingerprint density at radius 1 is 1.13 bits per heavy atom. The molecule has 160 valence electrons. The largest absolute Gasteiger partial charge is 0.452 e. The van der Waals surface area contributed by atoms with Gasteiger partial charge in [0.25, 0.3) is 17.7 Å². The predicted molar refractivity (Wildman–Crippen MR) is 103 cm³/mol. The Morgan fingerprint density at radius 3 is 2.67 bits per heavy atom. The summed E-state index contributed by atoms with van der Waals surface area (Å²) in [5.74, 6) is -1.85. The van der Waals surface area contributed by atoms with Gasteiger partial charge in [0, 0.05) is 19.7 Å². The van der Waals surface area contributed by atoms with Gasteiger partial charge in [0.15, 0.2) is 6.61 Å². The van der Waals surface area contributed by atoms with E-state index in [1.165, 1.54) is 23.1 Å². The Hall–Kier alpha value is -2.78. The first-order valence-corrected chi connectivity index (χ1v) is 10.1. The van der Waals surface area contributed by atoms with Crippen LogP contribution < -0.4 is 0 Å². The Balaban J connectivity index is 1.39. The van der Waals surface area contributed by atoms with E-state index < -0.39 is 11.9 Å². The predicted octanol–water partition coefficient (Wildman–Crippen LogP) is 0.866. The van der Waals surface area contributed by atoms with Crippen LogP contribution in [0.1, 0.15) is 50.8 Å². The van der Waals surface area contributed by atoms with Gasteiger partial charge < -0.3 is 19.1 Å². The fourth-order valence-corrected chi connectivity index (χ4v) is 3.92. The van der Waals surface area contributed by atoms with Gasteiger partial charge in [-0.1, -0.05) is 0 Å². The highest BCUT2D eigenvalue weighted by Crippen LogP contribution is 2.26. The van der Waals surface area contributed by atoms with E-state index in [2.05, 4.69) is 0 Å². The quantitative estimate of drug-likeness (QED) is 0.518. The zero-order valence-electron chi connectivity index (χ0n) is 16.8. The molecule has 2 saturated heterocycles. The van der Waals surface area contributed by atoms with Gasteiger partial charge in [0.2, 0.25) is 0 Å². The van der Waals surface area contributed by atoms with Crippen molar-refractivity contribution in [2.75, 3.05) is 39.5 Å². The Labute approximate surface area is 173 Å². The van der Waals surface area contributed by atoms with Crippen LogP contribution in [0.5, 0.6) is 0 Å². The van der Waals surface area contributed by atoms with Crippen LogP contribution in [0.2, 0.25) is 0 Å². The van der Waals surface area contributed by atoms with Crippen molar-refractivity contribution < 1.29 is 33.4 Å². The van der Waals surface area contributed by atoms with Crippen molar-refractivity contribution in [3.8, 4) is 0 Å². The molecule has 0 bridgehead atoms. The van der Waals surface area contributed by atoms with Crippen LogP contribution >= 0.6 is 0 Å². The number of imide groups is 1. The number of nitrogens with zero attached hydrogens (tertiary/aromatic N) is 2. The first kappa shape index (κ1) is 20.5. The van der Waals surface area contributed by atoms with Crippen molar-refractivity contribution in [1.29, 1.82) is 0 Å². The lowest BCUT2D eigenvalue weighted by Gasteiger charge is -2.30. The Kier molecular flexibility index (Phi) is 5.83. The molecule has 1 aromatic carbocycles. The third kappa shape index (κ3) is 4.08. The van der Waals surface area contributed by atoms with Crippen LogP contribution in [0.15, 0.2) is 18.2 Å². The molecular weight excluding hydrogens is 392 g/mol. The minimum absolute atomic E-state index is 0.0590. The van der Waals surface area contributed by atoms with E-state index in [4.69, 9.17) is 14.2 Å². The second-order valence-corrected chi connectivity index (χ2v) is 7.71. The molecule has 0 saturated carbocycles. The zero-order chi connectivity index (χ0) is 21.3. The van der Waals surface area contributed by atoms with E-state index in [0.29, 0.717) is 26.3 Å². The van der Waals surface area contributed by atoms with Crippen LogP contribution in [0.4, 0.5) is 0 Å². The molecule has 3 aliphatic rings. The van der Waals surface area contributed by atoms with Crippen molar-refractivity contribution >= 4 is 23.7 Å². The van der Waals surface area contributed by atoms with Gasteiger partial charge in [-0.15, -0.1) is 0 Å². The molecule has 0 spiro atoms. The van der Waals surface area contributed by atoms with E-state index in [9.17, 15) is 19.2 Å². The normalized spacial score (nSPS) is 23.6. The second-order valence-electron chi connectivity index (χ2n) is 7.71. The van der Waals surface area contributed by atoms with Crippen molar-refractivity contribution in [2.24, 2.45) is 0 Å². The maximum absolute atomic E-state index is 12.7. The fraction of sp³-hybridized carbons (Fsp3) is 0.524. The number of benzene rings is 1. The average Bonchev–Trinajstić information content (AvgIpc) is 3.34. The van der Waals surface area contributed by atoms with E-state index in [-0.39, 0.29) is 53.9 Å². The summed E-state index contributed by atoms with van der Waals surface area (Å²) >= 11 is 0. The average molecular weight is 416 g/mol. The lowest BCUT2D eigenvalue weighted by molar-refractivity contribution is -0.141. The minimum atomic E-state index is -0.717. The fourth-order valence-electron chi connectivity index (χ4n) is 3.92. The number of fused-ring (bicyclic) bond motifs is 1. The number of morpholine rings is 1. The highest BCUT2D eigenvalue weighted by molar-refractivity contribution is 6.22. The van der Waals surface area contributed by atoms with Gasteiger partial charge in [0.05, 0.1) is 42.0 Å². The SMILES string of the molecule is CC1CN(C(=O)COC(=O)c2ccc3c(c2)C(=O)N(CC2CCCO2)C3=O)CCO1. The Morgan fingerprint density at radius 2 is 1.93 bits per heavy atom. The molecule has 2 unspecified atom stereocenters. The molecule has 2 atom stereocenters. The third-order valence-corrected chi connectivity index (χ3v) is 5.54. The van der Waals surface area contributed by atoms with Gasteiger partial charge in [0.1, 0.15) is 0 Å². The molecule has 1 aromatic rings. The summed E-state index contributed by atoms with van der Waals surface area (Å²) in [4.78, 5) is 52.7. The number of hydrogen-bond donors (Lipinski definition) is 0. The molecule has 30 heavy (non-hydrogen) atoms. The molecule has 2 fully saturated rings. The number of carbonyl (C=O) groups is 4. The number of hydrogen-bond acceptors (Lipinski definition) is 7. The summed E-state index contributed by atoms with van der Waals surface area (Å²) in [6.45, 7) is 3.68. The lowest BCUT2D eigenvalue weighted by Crippen LogP contribution is -2.46. The van der Waals surface area contributed by atoms with Gasteiger partial charge in [-0.25, -0.2) is 4.79 Å². The van der Waals surface area contributed by atoms with Crippen molar-refractivity contribution in [3.05, 3.63) is 34.9 Å². The number of rotatable bonds is 5. The Bertz CT molecular complexity index is 878. The van der Waals surface area contributed by atoms with Crippen molar-refractivity contribution in [1.82, 2.24) is 9.80 Å². The smallest absolute Gasteiger partial charge is 0.338 e. The van der Waals surface area contributed by atoms with Crippen LogP contribution in [0.3, 0.4) is 0 Å². The molecule has 9 nitrogen and oxygen atoms in total. The molecule has 3 heterocycles. The molecule has 0 radical (unpaired) electrons. The molecule has 0 aliphatic carbocycles. The summed E-state index contributed by atoms with van der Waals surface area (Å²) in [5.41, 5.74) is 0.547. The summed E-state index contributed by atoms with van der Waals surface area (Å²) in [5, 5.41) is 0. The molecule has 0 N–H and O–H groups in total. The number of esters is 1. The molecule has 0 aromatic heterocycles. The minimum Gasteiger partial charge on any atom is -0.452 e. The number of ether oxygens (including phenoxy) is 3. The molecule has 3 amide bonds. The monoisotopic (exact) mass is 416 g/mol. The summed E-state index contributed by atoms with van der Waals surface area (Å²) in [7, 11) is 0. The maximum Gasteiger partial charge on any atom is 0.338 e. The number of carbonyl (C=O) groups excluding carboxylic acids is 4. The molecule has 9 heteroatoms. The van der Waals surface area contributed by atoms with Gasteiger partial charge in [-0.2, -0.15) is 0 Å². The van der Waals surface area contributed by atoms with Crippen molar-refractivity contribution in [3.63, 3.8) is 0 Å². The first-order chi connectivity index (χ1) is 14.4. The van der Waals surface area contributed by atoms with Gasteiger partial charge >= 0.3 is 5.97 Å². The first-order valence-electron chi connectivity index (χ1n) is 10.1. The summed E-state index contributed by atoms with van der Waals surface area (Å²) in [6, 6.07) is 4.24. The molecular formula is C21H24N2O7. The standard InChI is InChI=1S/C21H24N2O7/c1-13-10-22(6-8-28-13)18(24)12-30-21(27)14-4-5-16-17(9-14)20(26)23(19(16)25)11-15-3-2-7-29-15/h4-5,9,13,15H,2-3,6-8,10-12H2,1H3. The highest BCUT2D eigenvalue weighted by Gasteiger charge is 2.38. The molecule has 3 aliphatic heterocycles. The summed E-state index contributed by atoms with van der Waals surface area (Å²) in [6.07, 6.45) is 1.51. The summed E-state index contributed by atoms with van der Waals surface area (Å²) < 4.78 is 16.0. The van der Waals surface area contributed by atoms with Crippen molar-refractivity contribution in [2.45, 2.75) is 32.0 Å². The second kappa shape index (κ2) is 8.53. The highest BCUT2D eigenvalue weighted by atomic mass is 16.5. The van der Waals surface area contributed by atoms with Crippen LogP contribution in [-0.2, 0) is 19.0 Å². The zero-order valence-corrected chi connectivity index (χ0v) is 16.8. The van der Waals surface area contributed by atoms with Gasteiger partial charge in [-0.3, -0.25) is 19.3 Å². The van der Waals surface area contributed by atoms with E-state index in [0.717, 1.165) is 12.8 Å². The topological polar surface area (TPSA) is 102 Å². The van der Waals surface area contributed by atoms with E-state index >= 15 is 0 Å².